The zero-order chi connectivity index (χ0) is 24.9. The summed E-state index contributed by atoms with van der Waals surface area (Å²) >= 11 is 0. The SMILES string of the molecule is Cc1ccc(C#Cc2c(C)cc(C#Cc3cc(F)c(CC4CCC(C)CC4)c(F)c3)cc2C)cc1. The lowest BCUT2D eigenvalue weighted by Crippen LogP contribution is -2.15. The van der Waals surface area contributed by atoms with Gasteiger partial charge in [-0.3, -0.25) is 0 Å². The normalized spacial score (nSPS) is 17.2. The van der Waals surface area contributed by atoms with Crippen molar-refractivity contribution in [2.24, 2.45) is 11.8 Å². The zero-order valence-electron chi connectivity index (χ0n) is 21.1. The highest BCUT2D eigenvalue weighted by molar-refractivity contribution is 5.55. The quantitative estimate of drug-likeness (QED) is 0.335. The second-order valence-corrected chi connectivity index (χ2v) is 10.1. The van der Waals surface area contributed by atoms with E-state index in [9.17, 15) is 8.78 Å². The second-order valence-electron chi connectivity index (χ2n) is 10.1. The summed E-state index contributed by atoms with van der Waals surface area (Å²) in [5, 5.41) is 0. The molecule has 0 aromatic heterocycles. The van der Waals surface area contributed by atoms with Crippen LogP contribution in [0.2, 0.25) is 0 Å². The fourth-order valence-corrected chi connectivity index (χ4v) is 4.84. The summed E-state index contributed by atoms with van der Waals surface area (Å²) in [7, 11) is 0. The van der Waals surface area contributed by atoms with E-state index in [0.717, 1.165) is 59.4 Å². The number of halogens is 2. The molecule has 0 atom stereocenters. The van der Waals surface area contributed by atoms with Crippen LogP contribution in [-0.2, 0) is 6.42 Å². The molecule has 3 aromatic rings. The van der Waals surface area contributed by atoms with Gasteiger partial charge in [-0.25, -0.2) is 8.78 Å². The van der Waals surface area contributed by atoms with Gasteiger partial charge in [0.1, 0.15) is 11.6 Å². The molecule has 0 amide bonds. The number of hydrogen-bond acceptors (Lipinski definition) is 0. The van der Waals surface area contributed by atoms with Gasteiger partial charge in [0.15, 0.2) is 0 Å². The van der Waals surface area contributed by atoms with Crippen molar-refractivity contribution in [3.8, 4) is 23.7 Å². The summed E-state index contributed by atoms with van der Waals surface area (Å²) in [5.74, 6) is 12.7. The third-order valence-electron chi connectivity index (χ3n) is 7.04. The van der Waals surface area contributed by atoms with Crippen LogP contribution in [0.1, 0.15) is 77.1 Å². The fraction of sp³-hybridized carbons (Fsp3) is 0.333. The van der Waals surface area contributed by atoms with Gasteiger partial charge in [-0.2, -0.15) is 0 Å². The molecule has 0 bridgehead atoms. The number of aryl methyl sites for hydroxylation is 3. The van der Waals surface area contributed by atoms with Crippen LogP contribution in [0.3, 0.4) is 0 Å². The first-order chi connectivity index (χ1) is 16.8. The molecule has 0 unspecified atom stereocenters. The topological polar surface area (TPSA) is 0 Å². The summed E-state index contributed by atoms with van der Waals surface area (Å²) in [6.07, 6.45) is 4.86. The molecule has 0 N–H and O–H groups in total. The van der Waals surface area contributed by atoms with Crippen LogP contribution in [-0.4, -0.2) is 0 Å². The van der Waals surface area contributed by atoms with Crippen LogP contribution < -0.4 is 0 Å². The lowest BCUT2D eigenvalue weighted by molar-refractivity contribution is 0.285. The summed E-state index contributed by atoms with van der Waals surface area (Å²) < 4.78 is 29.5. The minimum absolute atomic E-state index is 0.207. The smallest absolute Gasteiger partial charge is 0.130 e. The maximum atomic E-state index is 14.8. The van der Waals surface area contributed by atoms with E-state index in [1.807, 2.05) is 38.1 Å². The van der Waals surface area contributed by atoms with Crippen molar-refractivity contribution >= 4 is 0 Å². The number of benzene rings is 3. The Morgan fingerprint density at radius 1 is 0.686 bits per heavy atom. The molecule has 1 fully saturated rings. The Hall–Kier alpha value is -3.36. The molecular weight excluding hydrogens is 434 g/mol. The van der Waals surface area contributed by atoms with Crippen molar-refractivity contribution in [1.29, 1.82) is 0 Å². The highest BCUT2D eigenvalue weighted by Gasteiger charge is 2.21. The average molecular weight is 467 g/mol. The first-order valence-electron chi connectivity index (χ1n) is 12.5. The summed E-state index contributed by atoms with van der Waals surface area (Å²) in [6, 6.07) is 14.8. The third kappa shape index (κ3) is 6.41. The molecule has 1 aliphatic rings. The summed E-state index contributed by atoms with van der Waals surface area (Å²) in [6.45, 7) is 8.33. The van der Waals surface area contributed by atoms with Gasteiger partial charge in [0.2, 0.25) is 0 Å². The Labute approximate surface area is 208 Å². The van der Waals surface area contributed by atoms with E-state index in [1.54, 1.807) is 0 Å². The molecule has 0 radical (unpaired) electrons. The highest BCUT2D eigenvalue weighted by Crippen LogP contribution is 2.32. The molecule has 0 nitrogen and oxygen atoms in total. The van der Waals surface area contributed by atoms with Gasteiger partial charge in [-0.05, 0) is 99.4 Å². The molecule has 0 heterocycles. The molecule has 4 rings (SSSR count). The van der Waals surface area contributed by atoms with Gasteiger partial charge in [-0.15, -0.1) is 0 Å². The van der Waals surface area contributed by atoms with Crippen molar-refractivity contribution in [2.75, 3.05) is 0 Å². The minimum atomic E-state index is -0.484. The zero-order valence-corrected chi connectivity index (χ0v) is 21.1. The molecule has 0 spiro atoms. The van der Waals surface area contributed by atoms with Crippen LogP contribution in [0, 0.1) is 67.9 Å². The van der Waals surface area contributed by atoms with Gasteiger partial charge in [0.25, 0.3) is 0 Å². The summed E-state index contributed by atoms with van der Waals surface area (Å²) in [4.78, 5) is 0. The molecule has 35 heavy (non-hydrogen) atoms. The third-order valence-corrected chi connectivity index (χ3v) is 7.04. The second kappa shape index (κ2) is 10.9. The van der Waals surface area contributed by atoms with E-state index in [-0.39, 0.29) is 5.56 Å². The van der Waals surface area contributed by atoms with Gasteiger partial charge >= 0.3 is 0 Å². The number of rotatable bonds is 2. The first kappa shape index (κ1) is 24.8. The van der Waals surface area contributed by atoms with Gasteiger partial charge in [-0.1, -0.05) is 61.1 Å². The Kier molecular flexibility index (Phi) is 7.73. The van der Waals surface area contributed by atoms with Crippen LogP contribution in [0.25, 0.3) is 0 Å². The minimum Gasteiger partial charge on any atom is -0.207 e. The van der Waals surface area contributed by atoms with E-state index in [0.29, 0.717) is 17.9 Å². The Morgan fingerprint density at radius 2 is 1.20 bits per heavy atom. The molecular formula is C33H32F2. The Balaban J connectivity index is 1.51. The lowest BCUT2D eigenvalue weighted by Gasteiger charge is -2.26. The van der Waals surface area contributed by atoms with Gasteiger partial charge in [0, 0.05) is 27.8 Å². The maximum absolute atomic E-state index is 14.8. The van der Waals surface area contributed by atoms with Gasteiger partial charge < -0.3 is 0 Å². The van der Waals surface area contributed by atoms with E-state index >= 15 is 0 Å². The van der Waals surface area contributed by atoms with Crippen molar-refractivity contribution in [3.63, 3.8) is 0 Å². The van der Waals surface area contributed by atoms with E-state index < -0.39 is 11.6 Å². The van der Waals surface area contributed by atoms with Gasteiger partial charge in [0.05, 0.1) is 0 Å². The molecule has 178 valence electrons. The highest BCUT2D eigenvalue weighted by atomic mass is 19.1. The van der Waals surface area contributed by atoms with Crippen molar-refractivity contribution in [1.82, 2.24) is 0 Å². The molecule has 0 saturated heterocycles. The lowest BCUT2D eigenvalue weighted by atomic mass is 9.80. The Bertz CT molecular complexity index is 1290. The van der Waals surface area contributed by atoms with E-state index in [2.05, 4.69) is 49.7 Å². The maximum Gasteiger partial charge on any atom is 0.130 e. The fourth-order valence-electron chi connectivity index (χ4n) is 4.84. The standard InChI is InChI=1S/C33H32F2/c1-22-5-9-26(10-6-22)15-16-30-24(3)17-28(18-25(30)4)13-14-29-20-32(34)31(33(35)21-29)19-27-11-7-23(2)8-12-27/h5-6,9-10,17-18,20-21,23,27H,7-8,11-12,19H2,1-4H3. The van der Waals surface area contributed by atoms with Crippen LogP contribution in [0.5, 0.6) is 0 Å². The molecule has 1 aliphatic carbocycles. The van der Waals surface area contributed by atoms with Crippen LogP contribution in [0.4, 0.5) is 8.78 Å². The molecule has 3 aromatic carbocycles. The average Bonchev–Trinajstić information content (AvgIpc) is 2.82. The molecule has 1 saturated carbocycles. The van der Waals surface area contributed by atoms with Crippen molar-refractivity contribution in [2.45, 2.75) is 59.8 Å². The van der Waals surface area contributed by atoms with Crippen LogP contribution in [0.15, 0.2) is 48.5 Å². The predicted octanol–water partition coefficient (Wildman–Crippen LogP) is 8.06. The van der Waals surface area contributed by atoms with Crippen molar-refractivity contribution in [3.05, 3.63) is 105 Å². The number of hydrogen-bond donors (Lipinski definition) is 0. The van der Waals surface area contributed by atoms with E-state index in [1.165, 1.54) is 17.7 Å². The van der Waals surface area contributed by atoms with Crippen molar-refractivity contribution < 1.29 is 8.78 Å². The molecule has 0 aliphatic heterocycles. The van der Waals surface area contributed by atoms with E-state index in [4.69, 9.17) is 0 Å². The molecule has 2 heteroatoms. The monoisotopic (exact) mass is 466 g/mol. The summed E-state index contributed by atoms with van der Waals surface area (Å²) in [5.41, 5.74) is 6.60. The van der Waals surface area contributed by atoms with Crippen LogP contribution >= 0.6 is 0 Å². The largest absolute Gasteiger partial charge is 0.207 e. The predicted molar refractivity (Wildman–Crippen MR) is 140 cm³/mol. The first-order valence-corrected chi connectivity index (χ1v) is 12.5. The Morgan fingerprint density at radius 3 is 1.77 bits per heavy atom.